The quantitative estimate of drug-likeness (QED) is 0.412. The van der Waals surface area contributed by atoms with Crippen LogP contribution in [0.15, 0.2) is 42.0 Å². The second-order valence-electron chi connectivity index (χ2n) is 11.4. The normalized spacial score (nSPS) is 41.6. The fourth-order valence-electron chi connectivity index (χ4n) is 6.96. The third-order valence-electron chi connectivity index (χ3n) is 9.23. The van der Waals surface area contributed by atoms with Crippen molar-refractivity contribution in [3.8, 4) is 0 Å². The first-order valence-electron chi connectivity index (χ1n) is 12.8. The van der Waals surface area contributed by atoms with E-state index in [0.29, 0.717) is 16.3 Å². The molecule has 2 fully saturated rings. The molecule has 0 radical (unpaired) electrons. The number of hydroxylamine groups is 1. The van der Waals surface area contributed by atoms with E-state index >= 15 is 0 Å². The molecule has 7 nitrogen and oxygen atoms in total. The SMILES string of the molecule is C=C(C)[C@H]1CC[C@@H](C)[C@@]2(O)[C@H]1C=C(C)[C@@H](C)[C@@H]2OC(=O)[C@@H]1C[C@@]2(O)c3cccc(Cl)c3N(C)O[C@H]2N1. The highest BCUT2D eigenvalue weighted by Crippen LogP contribution is 2.53. The van der Waals surface area contributed by atoms with Gasteiger partial charge in [0.15, 0.2) is 6.23 Å². The van der Waals surface area contributed by atoms with Crippen molar-refractivity contribution < 1.29 is 24.6 Å². The van der Waals surface area contributed by atoms with Gasteiger partial charge in [0.2, 0.25) is 0 Å². The highest BCUT2D eigenvalue weighted by Gasteiger charge is 2.60. The highest BCUT2D eigenvalue weighted by molar-refractivity contribution is 6.33. The topological polar surface area (TPSA) is 91.3 Å². The smallest absolute Gasteiger partial charge is 0.323 e. The van der Waals surface area contributed by atoms with Crippen LogP contribution in [0.3, 0.4) is 0 Å². The number of benzene rings is 1. The molecule has 0 bridgehead atoms. The zero-order valence-corrected chi connectivity index (χ0v) is 22.4. The van der Waals surface area contributed by atoms with Gasteiger partial charge < -0.3 is 14.9 Å². The molecular weight excluding hydrogens is 480 g/mol. The Bertz CT molecular complexity index is 1120. The Morgan fingerprint density at radius 1 is 1.31 bits per heavy atom. The number of anilines is 1. The van der Waals surface area contributed by atoms with Crippen molar-refractivity contribution in [1.29, 1.82) is 0 Å². The number of esters is 1. The molecule has 2 aliphatic carbocycles. The van der Waals surface area contributed by atoms with E-state index in [1.807, 2.05) is 27.7 Å². The van der Waals surface area contributed by atoms with Crippen LogP contribution in [0.5, 0.6) is 0 Å². The molecule has 0 unspecified atom stereocenters. The first-order chi connectivity index (χ1) is 16.9. The van der Waals surface area contributed by atoms with Gasteiger partial charge in [-0.1, -0.05) is 61.4 Å². The van der Waals surface area contributed by atoms with Gasteiger partial charge in [0.1, 0.15) is 23.3 Å². The summed E-state index contributed by atoms with van der Waals surface area (Å²) in [5.41, 5.74) is 0.668. The Kier molecular flexibility index (Phi) is 6.32. The summed E-state index contributed by atoms with van der Waals surface area (Å²) in [6, 6.07) is 4.50. The van der Waals surface area contributed by atoms with Crippen LogP contribution in [0.2, 0.25) is 5.02 Å². The minimum Gasteiger partial charge on any atom is -0.457 e. The Morgan fingerprint density at radius 3 is 2.72 bits per heavy atom. The number of rotatable bonds is 3. The van der Waals surface area contributed by atoms with Crippen molar-refractivity contribution in [2.75, 3.05) is 12.1 Å². The lowest BCUT2D eigenvalue weighted by atomic mass is 9.55. The summed E-state index contributed by atoms with van der Waals surface area (Å²) < 4.78 is 6.19. The molecule has 3 N–H and O–H groups in total. The third-order valence-corrected chi connectivity index (χ3v) is 9.54. The number of ether oxygens (including phenoxy) is 1. The van der Waals surface area contributed by atoms with Gasteiger partial charge in [0, 0.05) is 30.9 Å². The van der Waals surface area contributed by atoms with Gasteiger partial charge in [-0.3, -0.25) is 20.0 Å². The average Bonchev–Trinajstić information content (AvgIpc) is 3.16. The van der Waals surface area contributed by atoms with E-state index in [0.717, 1.165) is 24.0 Å². The zero-order valence-electron chi connectivity index (χ0n) is 21.6. The van der Waals surface area contributed by atoms with E-state index < -0.39 is 35.5 Å². The molecule has 2 heterocycles. The van der Waals surface area contributed by atoms with Crippen LogP contribution < -0.4 is 10.4 Å². The summed E-state index contributed by atoms with van der Waals surface area (Å²) in [6.45, 7) is 12.3. The monoisotopic (exact) mass is 516 g/mol. The van der Waals surface area contributed by atoms with Crippen LogP contribution in [0.25, 0.3) is 0 Å². The number of nitrogens with one attached hydrogen (secondary N) is 1. The predicted molar refractivity (Wildman–Crippen MR) is 138 cm³/mol. The molecule has 0 aromatic heterocycles. The lowest BCUT2D eigenvalue weighted by Crippen LogP contribution is -2.63. The van der Waals surface area contributed by atoms with E-state index in [2.05, 4.69) is 18.0 Å². The van der Waals surface area contributed by atoms with Crippen molar-refractivity contribution in [2.24, 2.45) is 23.7 Å². The fraction of sp³-hybridized carbons (Fsp3) is 0.607. The van der Waals surface area contributed by atoms with Crippen molar-refractivity contribution in [3.05, 3.63) is 52.6 Å². The van der Waals surface area contributed by atoms with Crippen LogP contribution in [-0.4, -0.2) is 47.2 Å². The number of aliphatic hydroxyl groups is 2. The molecule has 1 saturated heterocycles. The molecule has 5 rings (SSSR count). The molecule has 8 heteroatoms. The predicted octanol–water partition coefficient (Wildman–Crippen LogP) is 4.07. The van der Waals surface area contributed by atoms with Crippen molar-refractivity contribution in [1.82, 2.24) is 5.32 Å². The Hall–Kier alpha value is -1.90. The van der Waals surface area contributed by atoms with Crippen molar-refractivity contribution in [2.45, 2.75) is 76.5 Å². The van der Waals surface area contributed by atoms with Crippen LogP contribution in [0.4, 0.5) is 5.69 Å². The lowest BCUT2D eigenvalue weighted by Gasteiger charge is -2.55. The fourth-order valence-corrected chi connectivity index (χ4v) is 7.25. The number of carbonyl (C=O) groups excluding carboxylic acids is 1. The van der Waals surface area contributed by atoms with E-state index in [9.17, 15) is 15.0 Å². The Morgan fingerprint density at radius 2 is 2.03 bits per heavy atom. The maximum atomic E-state index is 13.6. The van der Waals surface area contributed by atoms with Crippen LogP contribution in [-0.2, 0) is 20.0 Å². The number of hydrogen-bond donors (Lipinski definition) is 3. The number of halogens is 1. The second kappa shape index (κ2) is 8.84. The standard InChI is InChI=1S/C28H37ClN2O5/c1-14(2)18-11-10-16(4)28(34)20(18)12-15(3)17(5)24(28)35-25(32)22-13-27(33)19-8-7-9-21(29)23(19)31(6)36-26(27)30-22/h7-9,12,16-18,20,22,24,26,30,33-34H,1,10-11,13H2,2-6H3/t16-,17-,18-,20+,22+,24+,26-,27-,28-/m1/s1. The first-order valence-corrected chi connectivity index (χ1v) is 13.2. The largest absolute Gasteiger partial charge is 0.457 e. The molecule has 196 valence electrons. The summed E-state index contributed by atoms with van der Waals surface area (Å²) >= 11 is 6.39. The number of nitrogens with zero attached hydrogens (tertiary/aromatic N) is 1. The highest BCUT2D eigenvalue weighted by atomic mass is 35.5. The minimum absolute atomic E-state index is 0.0444. The molecule has 0 spiro atoms. The van der Waals surface area contributed by atoms with Gasteiger partial charge in [0.05, 0.1) is 10.7 Å². The molecular formula is C28H37ClN2O5. The van der Waals surface area contributed by atoms with Gasteiger partial charge in [0.25, 0.3) is 0 Å². The van der Waals surface area contributed by atoms with Crippen LogP contribution >= 0.6 is 11.6 Å². The zero-order chi connectivity index (χ0) is 26.2. The average molecular weight is 517 g/mol. The summed E-state index contributed by atoms with van der Waals surface area (Å²) in [5.74, 6) is -0.724. The summed E-state index contributed by atoms with van der Waals surface area (Å²) in [4.78, 5) is 19.5. The molecule has 1 aromatic rings. The second-order valence-corrected chi connectivity index (χ2v) is 11.8. The van der Waals surface area contributed by atoms with Crippen molar-refractivity contribution >= 4 is 23.3 Å². The molecule has 1 aromatic carbocycles. The van der Waals surface area contributed by atoms with E-state index in [-0.39, 0.29) is 30.1 Å². The Balaban J connectivity index is 1.43. The lowest BCUT2D eigenvalue weighted by molar-refractivity contribution is -0.206. The van der Waals surface area contributed by atoms with E-state index in [1.54, 1.807) is 25.2 Å². The van der Waals surface area contributed by atoms with Gasteiger partial charge in [-0.2, -0.15) is 0 Å². The van der Waals surface area contributed by atoms with Crippen LogP contribution in [0.1, 0.15) is 52.5 Å². The summed E-state index contributed by atoms with van der Waals surface area (Å²) in [6.07, 6.45) is 2.47. The number of para-hydroxylation sites is 1. The molecule has 0 amide bonds. The number of carbonyl (C=O) groups is 1. The van der Waals surface area contributed by atoms with Gasteiger partial charge in [-0.15, -0.1) is 0 Å². The van der Waals surface area contributed by atoms with Gasteiger partial charge >= 0.3 is 5.97 Å². The number of allylic oxidation sites excluding steroid dienone is 1. The van der Waals surface area contributed by atoms with Gasteiger partial charge in [-0.05, 0) is 44.6 Å². The molecule has 36 heavy (non-hydrogen) atoms. The van der Waals surface area contributed by atoms with E-state index in [1.165, 1.54) is 5.06 Å². The molecule has 4 aliphatic rings. The Labute approximate surface area is 218 Å². The maximum absolute atomic E-state index is 13.6. The minimum atomic E-state index is -1.45. The summed E-state index contributed by atoms with van der Waals surface area (Å²) in [5, 5.41) is 28.9. The molecule has 9 atom stereocenters. The number of fused-ring (bicyclic) bond motifs is 4. The van der Waals surface area contributed by atoms with E-state index in [4.69, 9.17) is 21.2 Å². The summed E-state index contributed by atoms with van der Waals surface area (Å²) in [7, 11) is 1.72. The number of hydrogen-bond acceptors (Lipinski definition) is 7. The molecule has 1 saturated carbocycles. The maximum Gasteiger partial charge on any atom is 0.323 e. The van der Waals surface area contributed by atoms with Crippen LogP contribution in [0, 0.1) is 23.7 Å². The van der Waals surface area contributed by atoms with Gasteiger partial charge in [-0.25, -0.2) is 0 Å². The third kappa shape index (κ3) is 3.66. The van der Waals surface area contributed by atoms with Crippen molar-refractivity contribution in [3.63, 3.8) is 0 Å². The molecule has 2 aliphatic heterocycles. The first kappa shape index (κ1) is 25.7.